The average molecular weight is 442 g/mol. The smallest absolute Gasteiger partial charge is 0.243 e. The molecule has 30 heavy (non-hydrogen) atoms. The lowest BCUT2D eigenvalue weighted by Crippen LogP contribution is -2.40. The molecule has 8 heteroatoms. The Labute approximate surface area is 180 Å². The van der Waals surface area contributed by atoms with E-state index in [1.165, 1.54) is 4.31 Å². The lowest BCUT2D eigenvalue weighted by molar-refractivity contribution is 0.0730. The van der Waals surface area contributed by atoms with E-state index < -0.39 is 10.0 Å². The van der Waals surface area contributed by atoms with Crippen LogP contribution in [0.1, 0.15) is 11.3 Å². The van der Waals surface area contributed by atoms with Crippen molar-refractivity contribution >= 4 is 27.0 Å². The minimum absolute atomic E-state index is 0.380. The zero-order valence-electron chi connectivity index (χ0n) is 16.5. The van der Waals surface area contributed by atoms with Gasteiger partial charge in [0.1, 0.15) is 5.01 Å². The Morgan fingerprint density at radius 3 is 2.63 bits per heavy atom. The Balaban J connectivity index is 1.34. The van der Waals surface area contributed by atoms with Gasteiger partial charge in [-0.15, -0.1) is 11.3 Å². The molecule has 0 amide bonds. The third-order valence-corrected chi connectivity index (χ3v) is 8.41. The monoisotopic (exact) mass is 441 g/mol. The summed E-state index contributed by atoms with van der Waals surface area (Å²) in [5.74, 6) is 0. The zero-order valence-corrected chi connectivity index (χ0v) is 18.2. The van der Waals surface area contributed by atoms with E-state index in [4.69, 9.17) is 9.72 Å². The summed E-state index contributed by atoms with van der Waals surface area (Å²) < 4.78 is 32.7. The van der Waals surface area contributed by atoms with Crippen molar-refractivity contribution in [1.82, 2.24) is 9.29 Å². The van der Waals surface area contributed by atoms with Crippen LogP contribution in [0.15, 0.2) is 58.8 Å². The summed E-state index contributed by atoms with van der Waals surface area (Å²) in [4.78, 5) is 7.46. The van der Waals surface area contributed by atoms with Gasteiger partial charge in [-0.1, -0.05) is 30.3 Å². The molecule has 2 aromatic carbocycles. The second kappa shape index (κ2) is 8.11. The van der Waals surface area contributed by atoms with Crippen LogP contribution in [-0.4, -0.2) is 50.6 Å². The summed E-state index contributed by atoms with van der Waals surface area (Å²) in [7, 11) is -3.46. The number of benzene rings is 2. The maximum absolute atomic E-state index is 12.9. The first-order valence-electron chi connectivity index (χ1n) is 10.1. The molecular formula is C22H23N3O3S2. The van der Waals surface area contributed by atoms with Gasteiger partial charge in [0.05, 0.1) is 30.3 Å². The first kappa shape index (κ1) is 19.7. The van der Waals surface area contributed by atoms with Crippen molar-refractivity contribution in [1.29, 1.82) is 0 Å². The van der Waals surface area contributed by atoms with Gasteiger partial charge in [0.25, 0.3) is 0 Å². The molecule has 0 saturated carbocycles. The molecule has 3 aromatic rings. The van der Waals surface area contributed by atoms with Crippen LogP contribution >= 0.6 is 11.3 Å². The van der Waals surface area contributed by atoms with Gasteiger partial charge in [-0.2, -0.15) is 4.31 Å². The van der Waals surface area contributed by atoms with Crippen LogP contribution in [0.3, 0.4) is 0 Å². The van der Waals surface area contributed by atoms with E-state index in [9.17, 15) is 8.42 Å². The molecule has 2 aliphatic rings. The van der Waals surface area contributed by atoms with E-state index in [-0.39, 0.29) is 0 Å². The van der Waals surface area contributed by atoms with Crippen LogP contribution in [0.5, 0.6) is 0 Å². The third-order valence-electron chi connectivity index (χ3n) is 5.58. The van der Waals surface area contributed by atoms with Crippen LogP contribution in [0, 0.1) is 0 Å². The predicted molar refractivity (Wildman–Crippen MR) is 118 cm³/mol. The van der Waals surface area contributed by atoms with Gasteiger partial charge in [0, 0.05) is 36.3 Å². The molecule has 0 atom stereocenters. The normalized spacial score (nSPS) is 17.3. The molecule has 0 unspecified atom stereocenters. The second-order valence-corrected chi connectivity index (χ2v) is 10.3. The van der Waals surface area contributed by atoms with E-state index >= 15 is 0 Å². The zero-order chi connectivity index (χ0) is 20.6. The lowest BCUT2D eigenvalue weighted by atomic mass is 10.2. The second-order valence-electron chi connectivity index (χ2n) is 7.49. The van der Waals surface area contributed by atoms with Crippen molar-refractivity contribution in [2.45, 2.75) is 17.9 Å². The summed E-state index contributed by atoms with van der Waals surface area (Å²) in [5, 5.41) is 3.13. The van der Waals surface area contributed by atoms with Crippen LogP contribution in [-0.2, 0) is 27.7 Å². The molecule has 3 heterocycles. The van der Waals surface area contributed by atoms with Gasteiger partial charge in [0.15, 0.2) is 0 Å². The van der Waals surface area contributed by atoms with Gasteiger partial charge in [-0.05, 0) is 30.2 Å². The van der Waals surface area contributed by atoms with E-state index in [0.29, 0.717) is 31.2 Å². The summed E-state index contributed by atoms with van der Waals surface area (Å²) in [6, 6.07) is 15.7. The fraction of sp³-hybridized carbons (Fsp3) is 0.318. The van der Waals surface area contributed by atoms with E-state index in [1.54, 1.807) is 17.4 Å². The number of ether oxygens (including phenoxy) is 1. The molecule has 1 aromatic heterocycles. The number of morpholine rings is 1. The first-order valence-corrected chi connectivity index (χ1v) is 12.4. The molecule has 2 aliphatic heterocycles. The summed E-state index contributed by atoms with van der Waals surface area (Å²) in [6.45, 7) is 3.34. The number of nitrogens with zero attached hydrogens (tertiary/aromatic N) is 3. The lowest BCUT2D eigenvalue weighted by Gasteiger charge is -2.26. The molecule has 5 rings (SSSR count). The van der Waals surface area contributed by atoms with Crippen LogP contribution in [0.2, 0.25) is 0 Å². The SMILES string of the molecule is O=S(=O)(c1ccc2c(c1)CCN2Cc1csc(-c2ccccc2)n1)N1CCOCC1. The first-order chi connectivity index (χ1) is 14.6. The summed E-state index contributed by atoms with van der Waals surface area (Å²) in [6.07, 6.45) is 0.845. The van der Waals surface area contributed by atoms with Crippen molar-refractivity contribution in [2.75, 3.05) is 37.7 Å². The Kier molecular flexibility index (Phi) is 5.32. The number of thiazole rings is 1. The number of fused-ring (bicyclic) bond motifs is 1. The van der Waals surface area contributed by atoms with E-state index in [0.717, 1.165) is 47.0 Å². The number of aromatic nitrogens is 1. The fourth-order valence-electron chi connectivity index (χ4n) is 4.00. The van der Waals surface area contributed by atoms with E-state index in [1.807, 2.05) is 30.3 Å². The van der Waals surface area contributed by atoms with Crippen LogP contribution < -0.4 is 4.90 Å². The molecule has 0 spiro atoms. The highest BCUT2D eigenvalue weighted by Crippen LogP contribution is 2.33. The average Bonchev–Trinajstić information content (AvgIpc) is 3.42. The highest BCUT2D eigenvalue weighted by atomic mass is 32.2. The molecular weight excluding hydrogens is 418 g/mol. The van der Waals surface area contributed by atoms with Gasteiger partial charge in [0.2, 0.25) is 10.0 Å². The van der Waals surface area contributed by atoms with E-state index in [2.05, 4.69) is 22.4 Å². The fourth-order valence-corrected chi connectivity index (χ4v) is 6.27. The third kappa shape index (κ3) is 3.76. The Morgan fingerprint density at radius 2 is 1.83 bits per heavy atom. The van der Waals surface area contributed by atoms with Crippen LogP contribution in [0.4, 0.5) is 5.69 Å². The van der Waals surface area contributed by atoms with Gasteiger partial charge in [-0.25, -0.2) is 13.4 Å². The Hall–Kier alpha value is -2.26. The van der Waals surface area contributed by atoms with Gasteiger partial charge >= 0.3 is 0 Å². The number of rotatable bonds is 5. The largest absolute Gasteiger partial charge is 0.379 e. The Morgan fingerprint density at radius 1 is 1.03 bits per heavy atom. The van der Waals surface area contributed by atoms with Crippen molar-refractivity contribution in [3.8, 4) is 10.6 Å². The molecule has 0 bridgehead atoms. The maximum atomic E-state index is 12.9. The number of hydrogen-bond acceptors (Lipinski definition) is 6. The Bertz CT molecular complexity index is 1140. The molecule has 1 fully saturated rings. The highest BCUT2D eigenvalue weighted by molar-refractivity contribution is 7.89. The van der Waals surface area contributed by atoms with Crippen LogP contribution in [0.25, 0.3) is 10.6 Å². The van der Waals surface area contributed by atoms with Gasteiger partial charge in [-0.3, -0.25) is 0 Å². The minimum atomic E-state index is -3.46. The number of sulfonamides is 1. The number of anilines is 1. The summed E-state index contributed by atoms with van der Waals surface area (Å²) in [5.41, 5.74) is 4.36. The molecule has 0 N–H and O–H groups in total. The summed E-state index contributed by atoms with van der Waals surface area (Å²) >= 11 is 1.66. The quantitative estimate of drug-likeness (QED) is 0.607. The molecule has 6 nitrogen and oxygen atoms in total. The minimum Gasteiger partial charge on any atom is -0.379 e. The molecule has 0 radical (unpaired) electrons. The molecule has 1 saturated heterocycles. The van der Waals surface area contributed by atoms with Crippen molar-refractivity contribution < 1.29 is 13.2 Å². The maximum Gasteiger partial charge on any atom is 0.243 e. The standard InChI is InChI=1S/C22H23N3O3S2/c26-30(27,25-10-12-28-13-11-25)20-6-7-21-18(14-20)8-9-24(21)15-19-16-29-22(23-19)17-4-2-1-3-5-17/h1-7,14,16H,8-13,15H2. The molecule has 0 aliphatic carbocycles. The predicted octanol–water partition coefficient (Wildman–Crippen LogP) is 3.39. The topological polar surface area (TPSA) is 62.7 Å². The molecule has 156 valence electrons. The highest BCUT2D eigenvalue weighted by Gasteiger charge is 2.28. The van der Waals surface area contributed by atoms with Crippen molar-refractivity contribution in [3.63, 3.8) is 0 Å². The van der Waals surface area contributed by atoms with Crippen molar-refractivity contribution in [2.24, 2.45) is 0 Å². The van der Waals surface area contributed by atoms with Gasteiger partial charge < -0.3 is 9.64 Å². The van der Waals surface area contributed by atoms with Crippen molar-refractivity contribution in [3.05, 3.63) is 65.2 Å². The number of hydrogen-bond donors (Lipinski definition) is 0.